The van der Waals surface area contributed by atoms with E-state index >= 15 is 0 Å². The van der Waals surface area contributed by atoms with Crippen molar-refractivity contribution in [2.45, 2.75) is 50.7 Å². The van der Waals surface area contributed by atoms with E-state index in [1.807, 2.05) is 18.2 Å². The number of aldehydes is 1. The standard InChI is InChI=1S/C30H38N4O6/c1-31-18-24-15-21-9-11-23(33-29(36)28(20-7-8-20)40-19-32-2)17-25(21)34(24)30(37)22-10-12-26(27(16-22)38-3)39-14-6-4-5-13-35/h9-13,16-18,20,24,28,32H,4-8,14-15,19H2,1-3H3,(H,33,36). The van der Waals surface area contributed by atoms with Crippen molar-refractivity contribution in [3.8, 4) is 11.5 Å². The molecule has 1 aliphatic heterocycles. The molecule has 2 unspecified atom stereocenters. The number of nitrogens with one attached hydrogen (secondary N) is 2. The van der Waals surface area contributed by atoms with Gasteiger partial charge in [0.05, 0.1) is 32.2 Å². The maximum atomic E-state index is 13.9. The van der Waals surface area contributed by atoms with Gasteiger partial charge in [-0.25, -0.2) is 0 Å². The molecule has 1 fully saturated rings. The molecule has 2 N–H and O–H groups in total. The zero-order chi connectivity index (χ0) is 28.5. The van der Waals surface area contributed by atoms with E-state index in [2.05, 4.69) is 15.6 Å². The minimum Gasteiger partial charge on any atom is -0.493 e. The Morgan fingerprint density at radius 3 is 2.67 bits per heavy atom. The van der Waals surface area contributed by atoms with Gasteiger partial charge in [-0.05, 0) is 74.5 Å². The van der Waals surface area contributed by atoms with Gasteiger partial charge in [0.1, 0.15) is 12.4 Å². The highest BCUT2D eigenvalue weighted by Gasteiger charge is 2.38. The molecule has 2 aromatic carbocycles. The number of anilines is 2. The Balaban J connectivity index is 1.54. The number of benzene rings is 2. The molecule has 0 radical (unpaired) electrons. The Hall–Kier alpha value is -3.76. The van der Waals surface area contributed by atoms with Gasteiger partial charge in [-0.15, -0.1) is 0 Å². The topological polar surface area (TPSA) is 119 Å². The van der Waals surface area contributed by atoms with E-state index in [0.717, 1.165) is 43.2 Å². The van der Waals surface area contributed by atoms with Crippen molar-refractivity contribution < 1.29 is 28.6 Å². The molecule has 0 bridgehead atoms. The number of hydrogen-bond acceptors (Lipinski definition) is 8. The highest BCUT2D eigenvalue weighted by atomic mass is 16.5. The van der Waals surface area contributed by atoms with Crippen molar-refractivity contribution in [1.29, 1.82) is 0 Å². The fraction of sp³-hybridized carbons (Fsp3) is 0.467. The molecule has 2 aromatic rings. The molecule has 0 aromatic heterocycles. The largest absolute Gasteiger partial charge is 0.493 e. The van der Waals surface area contributed by atoms with E-state index in [9.17, 15) is 14.4 Å². The summed E-state index contributed by atoms with van der Waals surface area (Å²) in [5, 5.41) is 5.91. The van der Waals surface area contributed by atoms with Crippen LogP contribution in [-0.4, -0.2) is 71.0 Å². The maximum Gasteiger partial charge on any atom is 0.259 e. The van der Waals surface area contributed by atoms with Gasteiger partial charge in [0.15, 0.2) is 11.5 Å². The van der Waals surface area contributed by atoms with Crippen LogP contribution >= 0.6 is 0 Å². The molecule has 10 heteroatoms. The van der Waals surface area contributed by atoms with Gasteiger partial charge >= 0.3 is 0 Å². The van der Waals surface area contributed by atoms with Gasteiger partial charge in [-0.3, -0.25) is 24.8 Å². The van der Waals surface area contributed by atoms with Crippen molar-refractivity contribution >= 4 is 35.7 Å². The fourth-order valence-corrected chi connectivity index (χ4v) is 4.87. The Kier molecular flexibility index (Phi) is 10.3. The third-order valence-electron chi connectivity index (χ3n) is 7.01. The van der Waals surface area contributed by atoms with Crippen molar-refractivity contribution in [3.05, 3.63) is 47.5 Å². The predicted molar refractivity (Wildman–Crippen MR) is 154 cm³/mol. The lowest BCUT2D eigenvalue weighted by molar-refractivity contribution is -0.129. The second-order valence-electron chi connectivity index (χ2n) is 9.99. The van der Waals surface area contributed by atoms with E-state index in [1.54, 1.807) is 43.4 Å². The van der Waals surface area contributed by atoms with Crippen LogP contribution in [0, 0.1) is 5.92 Å². The third-order valence-corrected chi connectivity index (χ3v) is 7.01. The van der Waals surface area contributed by atoms with Crippen molar-refractivity contribution in [3.63, 3.8) is 0 Å². The molecule has 1 saturated carbocycles. The summed E-state index contributed by atoms with van der Waals surface area (Å²) in [5.74, 6) is 0.816. The third kappa shape index (κ3) is 7.05. The minimum absolute atomic E-state index is 0.188. The lowest BCUT2D eigenvalue weighted by Gasteiger charge is -2.24. The zero-order valence-corrected chi connectivity index (χ0v) is 23.4. The summed E-state index contributed by atoms with van der Waals surface area (Å²) in [4.78, 5) is 43.3. The van der Waals surface area contributed by atoms with Crippen LogP contribution in [-0.2, 0) is 20.7 Å². The quantitative estimate of drug-likeness (QED) is 0.150. The van der Waals surface area contributed by atoms with Gasteiger partial charge in [0.25, 0.3) is 11.8 Å². The average Bonchev–Trinajstić information content (AvgIpc) is 3.73. The van der Waals surface area contributed by atoms with Crippen molar-refractivity contribution in [1.82, 2.24) is 5.32 Å². The summed E-state index contributed by atoms with van der Waals surface area (Å²) >= 11 is 0. The smallest absolute Gasteiger partial charge is 0.259 e. The predicted octanol–water partition coefficient (Wildman–Crippen LogP) is 3.63. The monoisotopic (exact) mass is 550 g/mol. The molecule has 2 atom stereocenters. The van der Waals surface area contributed by atoms with E-state index in [-0.39, 0.29) is 23.8 Å². The van der Waals surface area contributed by atoms with Gasteiger partial charge in [-0.1, -0.05) is 6.07 Å². The summed E-state index contributed by atoms with van der Waals surface area (Å²) in [6.45, 7) is 0.745. The number of hydrogen-bond donors (Lipinski definition) is 2. The molecule has 1 heterocycles. The molecular weight excluding hydrogens is 512 g/mol. The molecule has 40 heavy (non-hydrogen) atoms. The Bertz CT molecular complexity index is 1230. The highest BCUT2D eigenvalue weighted by Crippen LogP contribution is 2.38. The summed E-state index contributed by atoms with van der Waals surface area (Å²) in [5.41, 5.74) is 2.76. The molecule has 0 spiro atoms. The Morgan fingerprint density at radius 2 is 1.98 bits per heavy atom. The van der Waals surface area contributed by atoms with Gasteiger partial charge in [-0.2, -0.15) is 0 Å². The second-order valence-corrected chi connectivity index (χ2v) is 9.99. The van der Waals surface area contributed by atoms with Crippen LogP contribution in [0.25, 0.3) is 0 Å². The second kappa shape index (κ2) is 14.0. The first-order valence-corrected chi connectivity index (χ1v) is 13.7. The molecular formula is C30H38N4O6. The van der Waals surface area contributed by atoms with Crippen LogP contribution < -0.4 is 25.0 Å². The average molecular weight is 551 g/mol. The summed E-state index contributed by atoms with van der Waals surface area (Å²) in [6, 6.07) is 10.5. The maximum absolute atomic E-state index is 13.9. The summed E-state index contributed by atoms with van der Waals surface area (Å²) in [7, 11) is 4.99. The number of fused-ring (bicyclic) bond motifs is 1. The summed E-state index contributed by atoms with van der Waals surface area (Å²) < 4.78 is 17.1. The van der Waals surface area contributed by atoms with Gasteiger partial charge in [0, 0.05) is 37.4 Å². The van der Waals surface area contributed by atoms with Crippen LogP contribution in [0.2, 0.25) is 0 Å². The van der Waals surface area contributed by atoms with Crippen LogP contribution in [0.15, 0.2) is 41.4 Å². The number of unbranched alkanes of at least 4 members (excludes halogenated alkanes) is 2. The summed E-state index contributed by atoms with van der Waals surface area (Å²) in [6.07, 6.45) is 6.70. The molecule has 4 rings (SSSR count). The molecule has 214 valence electrons. The first-order chi connectivity index (χ1) is 19.5. The van der Waals surface area contributed by atoms with Crippen molar-refractivity contribution in [2.24, 2.45) is 10.9 Å². The SMILES string of the molecule is CN=CC1Cc2ccc(NC(=O)C(OCNC)C3CC3)cc2N1C(=O)c1ccc(OCCCCC=O)c(OC)c1. The minimum atomic E-state index is -0.517. The molecule has 0 saturated heterocycles. The number of carbonyl (C=O) groups is 3. The number of ether oxygens (including phenoxy) is 3. The zero-order valence-electron chi connectivity index (χ0n) is 23.4. The number of carbonyl (C=O) groups excluding carboxylic acids is 3. The first kappa shape index (κ1) is 29.2. The first-order valence-electron chi connectivity index (χ1n) is 13.7. The van der Waals surface area contributed by atoms with Crippen LogP contribution in [0.4, 0.5) is 11.4 Å². The number of nitrogens with zero attached hydrogens (tertiary/aromatic N) is 2. The van der Waals surface area contributed by atoms with E-state index in [0.29, 0.717) is 48.9 Å². The molecule has 10 nitrogen and oxygen atoms in total. The number of methoxy groups -OCH3 is 1. The van der Waals surface area contributed by atoms with Crippen LogP contribution in [0.3, 0.4) is 0 Å². The van der Waals surface area contributed by atoms with E-state index < -0.39 is 6.10 Å². The fourth-order valence-electron chi connectivity index (χ4n) is 4.87. The molecule has 2 aliphatic rings. The Labute approximate surface area is 235 Å². The van der Waals surface area contributed by atoms with Crippen LogP contribution in [0.5, 0.6) is 11.5 Å². The normalized spacial score (nSPS) is 17.0. The molecule has 2 amide bonds. The highest BCUT2D eigenvalue weighted by molar-refractivity contribution is 6.11. The van der Waals surface area contributed by atoms with Crippen LogP contribution in [0.1, 0.15) is 48.0 Å². The molecule has 1 aliphatic carbocycles. The van der Waals surface area contributed by atoms with Gasteiger partial charge < -0.3 is 24.3 Å². The van der Waals surface area contributed by atoms with E-state index in [4.69, 9.17) is 14.2 Å². The van der Waals surface area contributed by atoms with Crippen molar-refractivity contribution in [2.75, 3.05) is 44.8 Å². The number of amides is 2. The van der Waals surface area contributed by atoms with Gasteiger partial charge in [0.2, 0.25) is 0 Å². The number of aliphatic imine (C=N–C) groups is 1. The lowest BCUT2D eigenvalue weighted by Crippen LogP contribution is -2.39. The van der Waals surface area contributed by atoms with E-state index in [1.165, 1.54) is 7.11 Å². The number of rotatable bonds is 15. The Morgan fingerprint density at radius 1 is 1.15 bits per heavy atom. The lowest BCUT2D eigenvalue weighted by atomic mass is 10.1.